The Balaban J connectivity index is 1.54. The molecule has 0 saturated carbocycles. The van der Waals surface area contributed by atoms with Crippen molar-refractivity contribution in [2.45, 2.75) is 0 Å². The molecule has 0 aliphatic heterocycles. The summed E-state index contributed by atoms with van der Waals surface area (Å²) < 4.78 is 7.15. The number of para-hydroxylation sites is 1. The number of amides is 1. The van der Waals surface area contributed by atoms with Crippen LogP contribution < -0.4 is 10.1 Å². The molecule has 1 N–H and O–H groups in total. The molecule has 4 rings (SSSR count). The van der Waals surface area contributed by atoms with Crippen molar-refractivity contribution in [3.63, 3.8) is 0 Å². The molecule has 0 spiro atoms. The Morgan fingerprint density at radius 2 is 1.80 bits per heavy atom. The van der Waals surface area contributed by atoms with Crippen LogP contribution in [0, 0.1) is 0 Å². The first-order valence-corrected chi connectivity index (χ1v) is 7.72. The molecule has 25 heavy (non-hydrogen) atoms. The Labute approximate surface area is 143 Å². The first kappa shape index (κ1) is 14.9. The Bertz CT molecular complexity index is 1030. The number of benzene rings is 2. The van der Waals surface area contributed by atoms with E-state index in [9.17, 15) is 4.79 Å². The van der Waals surface area contributed by atoms with E-state index in [1.807, 2.05) is 30.3 Å². The van der Waals surface area contributed by atoms with Gasteiger partial charge in [0.2, 0.25) is 0 Å². The fourth-order valence-electron chi connectivity index (χ4n) is 2.52. The molecule has 2 aromatic carbocycles. The standard InChI is InChI=1S/C19H14N4O2/c24-19(23-12-9-14-5-1-2-8-17(14)23)22-15-6-3-7-16(13-15)25-18-20-10-4-11-21-18/h1-13H,(H,22,24). The van der Waals surface area contributed by atoms with Crippen LogP contribution in [0.1, 0.15) is 0 Å². The Morgan fingerprint density at radius 1 is 0.960 bits per heavy atom. The summed E-state index contributed by atoms with van der Waals surface area (Å²) in [4.78, 5) is 20.6. The highest BCUT2D eigenvalue weighted by molar-refractivity contribution is 5.98. The Morgan fingerprint density at radius 3 is 2.68 bits per heavy atom. The van der Waals surface area contributed by atoms with Crippen molar-refractivity contribution in [2.75, 3.05) is 5.32 Å². The number of nitrogens with zero attached hydrogens (tertiary/aromatic N) is 3. The second-order valence-electron chi connectivity index (χ2n) is 5.34. The molecule has 0 saturated heterocycles. The van der Waals surface area contributed by atoms with Crippen LogP contribution in [0.3, 0.4) is 0 Å². The zero-order chi connectivity index (χ0) is 17.1. The number of hydrogen-bond donors (Lipinski definition) is 1. The number of nitrogens with one attached hydrogen (secondary N) is 1. The largest absolute Gasteiger partial charge is 0.424 e. The van der Waals surface area contributed by atoms with Gasteiger partial charge in [0.05, 0.1) is 5.52 Å². The summed E-state index contributed by atoms with van der Waals surface area (Å²) in [6.45, 7) is 0. The lowest BCUT2D eigenvalue weighted by molar-refractivity contribution is 0.254. The van der Waals surface area contributed by atoms with Crippen LogP contribution in [0.25, 0.3) is 10.9 Å². The maximum atomic E-state index is 12.5. The minimum absolute atomic E-state index is 0.241. The average Bonchev–Trinajstić information content (AvgIpc) is 3.07. The molecule has 2 aromatic heterocycles. The fraction of sp³-hybridized carbons (Fsp3) is 0. The highest BCUT2D eigenvalue weighted by Gasteiger charge is 2.09. The van der Waals surface area contributed by atoms with Crippen LogP contribution in [0.4, 0.5) is 10.5 Å². The minimum Gasteiger partial charge on any atom is -0.424 e. The number of hydrogen-bond acceptors (Lipinski definition) is 4. The van der Waals surface area contributed by atoms with E-state index in [-0.39, 0.29) is 12.0 Å². The molecular formula is C19H14N4O2. The summed E-state index contributed by atoms with van der Waals surface area (Å²) in [7, 11) is 0. The summed E-state index contributed by atoms with van der Waals surface area (Å²) in [6.07, 6.45) is 4.95. The number of ether oxygens (including phenoxy) is 1. The highest BCUT2D eigenvalue weighted by Crippen LogP contribution is 2.22. The maximum absolute atomic E-state index is 12.5. The molecule has 4 aromatic rings. The Hall–Kier alpha value is -3.67. The van der Waals surface area contributed by atoms with Gasteiger partial charge in [-0.05, 0) is 30.3 Å². The molecule has 0 aliphatic carbocycles. The van der Waals surface area contributed by atoms with E-state index in [0.29, 0.717) is 11.4 Å². The van der Waals surface area contributed by atoms with Crippen molar-refractivity contribution >= 4 is 22.6 Å². The fourth-order valence-corrected chi connectivity index (χ4v) is 2.52. The molecule has 1 amide bonds. The SMILES string of the molecule is O=C(Nc1cccc(Oc2ncccn2)c1)n1ccc2ccccc21. The molecule has 0 bridgehead atoms. The van der Waals surface area contributed by atoms with Crippen molar-refractivity contribution in [3.8, 4) is 11.8 Å². The summed E-state index contributed by atoms with van der Waals surface area (Å²) in [5.41, 5.74) is 1.47. The van der Waals surface area contributed by atoms with E-state index < -0.39 is 0 Å². The van der Waals surface area contributed by atoms with Crippen LogP contribution in [-0.2, 0) is 0 Å². The van der Waals surface area contributed by atoms with Crippen LogP contribution in [0.2, 0.25) is 0 Å². The first-order chi connectivity index (χ1) is 12.3. The lowest BCUT2D eigenvalue weighted by atomic mass is 10.2. The predicted octanol–water partition coefficient (Wildman–Crippen LogP) is 4.30. The predicted molar refractivity (Wildman–Crippen MR) is 94.9 cm³/mol. The highest BCUT2D eigenvalue weighted by atomic mass is 16.5. The summed E-state index contributed by atoms with van der Waals surface area (Å²) in [6, 6.07) is 18.4. The second kappa shape index (κ2) is 6.45. The van der Waals surface area contributed by atoms with E-state index in [4.69, 9.17) is 4.74 Å². The lowest BCUT2D eigenvalue weighted by Crippen LogP contribution is -2.18. The van der Waals surface area contributed by atoms with Gasteiger partial charge in [-0.1, -0.05) is 24.3 Å². The molecule has 2 heterocycles. The molecule has 122 valence electrons. The van der Waals surface area contributed by atoms with E-state index in [1.54, 1.807) is 53.5 Å². The van der Waals surface area contributed by atoms with Gasteiger partial charge < -0.3 is 10.1 Å². The minimum atomic E-state index is -0.241. The molecular weight excluding hydrogens is 316 g/mol. The number of rotatable bonds is 3. The maximum Gasteiger partial charge on any atom is 0.330 e. The molecule has 0 atom stereocenters. The van der Waals surface area contributed by atoms with Crippen molar-refractivity contribution in [1.29, 1.82) is 0 Å². The van der Waals surface area contributed by atoms with Crippen molar-refractivity contribution in [1.82, 2.24) is 14.5 Å². The number of anilines is 1. The number of fused-ring (bicyclic) bond motifs is 1. The second-order valence-corrected chi connectivity index (χ2v) is 5.34. The smallest absolute Gasteiger partial charge is 0.330 e. The number of aromatic nitrogens is 3. The van der Waals surface area contributed by atoms with Gasteiger partial charge in [-0.2, -0.15) is 0 Å². The zero-order valence-electron chi connectivity index (χ0n) is 13.2. The van der Waals surface area contributed by atoms with Crippen LogP contribution >= 0.6 is 0 Å². The van der Waals surface area contributed by atoms with Gasteiger partial charge in [0.1, 0.15) is 5.75 Å². The topological polar surface area (TPSA) is 69.0 Å². The molecule has 0 fully saturated rings. The third kappa shape index (κ3) is 3.18. The summed E-state index contributed by atoms with van der Waals surface area (Å²) >= 11 is 0. The molecule has 0 radical (unpaired) electrons. The van der Waals surface area contributed by atoms with E-state index >= 15 is 0 Å². The van der Waals surface area contributed by atoms with Crippen LogP contribution in [0.15, 0.2) is 79.3 Å². The zero-order valence-corrected chi connectivity index (χ0v) is 13.2. The van der Waals surface area contributed by atoms with Crippen LogP contribution in [0.5, 0.6) is 11.8 Å². The first-order valence-electron chi connectivity index (χ1n) is 7.72. The number of carbonyl (C=O) groups excluding carboxylic acids is 1. The van der Waals surface area contributed by atoms with Gasteiger partial charge in [0.15, 0.2) is 0 Å². The third-order valence-corrected chi connectivity index (χ3v) is 3.65. The lowest BCUT2D eigenvalue weighted by Gasteiger charge is -2.09. The normalized spacial score (nSPS) is 10.6. The van der Waals surface area contributed by atoms with Crippen molar-refractivity contribution < 1.29 is 9.53 Å². The van der Waals surface area contributed by atoms with Gasteiger partial charge in [-0.3, -0.25) is 4.57 Å². The summed E-state index contributed by atoms with van der Waals surface area (Å²) in [5.74, 6) is 0.543. The van der Waals surface area contributed by atoms with Gasteiger partial charge in [0.25, 0.3) is 0 Å². The van der Waals surface area contributed by atoms with Gasteiger partial charge in [-0.15, -0.1) is 0 Å². The Kier molecular flexibility index (Phi) is 3.84. The van der Waals surface area contributed by atoms with E-state index in [1.165, 1.54) is 0 Å². The van der Waals surface area contributed by atoms with Crippen LogP contribution in [-0.4, -0.2) is 20.6 Å². The quantitative estimate of drug-likeness (QED) is 0.608. The summed E-state index contributed by atoms with van der Waals surface area (Å²) in [5, 5.41) is 3.88. The van der Waals surface area contributed by atoms with E-state index in [0.717, 1.165) is 10.9 Å². The average molecular weight is 330 g/mol. The van der Waals surface area contributed by atoms with Gasteiger partial charge in [-0.25, -0.2) is 14.8 Å². The van der Waals surface area contributed by atoms with Gasteiger partial charge >= 0.3 is 12.0 Å². The third-order valence-electron chi connectivity index (χ3n) is 3.65. The monoisotopic (exact) mass is 330 g/mol. The van der Waals surface area contributed by atoms with E-state index in [2.05, 4.69) is 15.3 Å². The molecule has 6 nitrogen and oxygen atoms in total. The van der Waals surface area contributed by atoms with Crippen molar-refractivity contribution in [2.24, 2.45) is 0 Å². The molecule has 6 heteroatoms. The van der Waals surface area contributed by atoms with Gasteiger partial charge in [0, 0.05) is 35.7 Å². The number of carbonyl (C=O) groups is 1. The molecule has 0 unspecified atom stereocenters. The van der Waals surface area contributed by atoms with Crippen molar-refractivity contribution in [3.05, 3.63) is 79.3 Å². The molecule has 0 aliphatic rings.